The van der Waals surface area contributed by atoms with Crippen molar-refractivity contribution in [2.24, 2.45) is 0 Å². The van der Waals surface area contributed by atoms with Crippen LogP contribution in [0.3, 0.4) is 0 Å². The summed E-state index contributed by atoms with van der Waals surface area (Å²) in [4.78, 5) is 26.8. The van der Waals surface area contributed by atoms with E-state index in [2.05, 4.69) is 26.1 Å². The van der Waals surface area contributed by atoms with Crippen molar-refractivity contribution in [3.63, 3.8) is 0 Å². The first-order valence-corrected chi connectivity index (χ1v) is 12.0. The second-order valence-electron chi connectivity index (χ2n) is 7.14. The third-order valence-corrected chi connectivity index (χ3v) is 5.42. The molecule has 1 unspecified atom stereocenters. The smallest absolute Gasteiger partial charge is 0.242 e. The van der Waals surface area contributed by atoms with Crippen LogP contribution in [0.15, 0.2) is 23.0 Å². The van der Waals surface area contributed by atoms with Crippen LogP contribution >= 0.6 is 11.8 Å². The summed E-state index contributed by atoms with van der Waals surface area (Å²) >= 11 is 1.58. The van der Waals surface area contributed by atoms with E-state index < -0.39 is 0 Å². The van der Waals surface area contributed by atoms with E-state index in [1.165, 1.54) is 12.8 Å². The van der Waals surface area contributed by atoms with Crippen molar-refractivity contribution in [2.45, 2.75) is 97.9 Å². The Kier molecular flexibility index (Phi) is 18.3. The zero-order chi connectivity index (χ0) is 21.0. The van der Waals surface area contributed by atoms with E-state index in [9.17, 15) is 9.59 Å². The van der Waals surface area contributed by atoms with Crippen LogP contribution in [0.2, 0.25) is 0 Å². The highest BCUT2D eigenvalue weighted by atomic mass is 32.2. The van der Waals surface area contributed by atoms with Crippen LogP contribution in [-0.2, 0) is 9.59 Å². The van der Waals surface area contributed by atoms with Crippen LogP contribution in [-0.4, -0.2) is 35.8 Å². The van der Waals surface area contributed by atoms with Gasteiger partial charge in [0.05, 0.1) is 0 Å². The van der Waals surface area contributed by atoms with Gasteiger partial charge in [0.15, 0.2) is 0 Å². The lowest BCUT2D eigenvalue weighted by atomic mass is 10.1. The molecular weight excluding hydrogens is 368 g/mol. The van der Waals surface area contributed by atoms with E-state index in [1.54, 1.807) is 16.7 Å². The molecule has 0 radical (unpaired) electrons. The first-order chi connectivity index (χ1) is 13.6. The molecule has 0 aliphatic carbocycles. The van der Waals surface area contributed by atoms with Gasteiger partial charge >= 0.3 is 0 Å². The highest BCUT2D eigenvalue weighted by molar-refractivity contribution is 8.04. The maximum Gasteiger partial charge on any atom is 0.242 e. The summed E-state index contributed by atoms with van der Waals surface area (Å²) in [5.74, 6) is 0.109. The Labute approximate surface area is 177 Å². The minimum atomic E-state index is -0.317. The summed E-state index contributed by atoms with van der Waals surface area (Å²) in [7, 11) is 0. The number of thioether (sulfide) groups is 1. The maximum atomic E-state index is 12.7. The average Bonchev–Trinajstić information content (AvgIpc) is 2.92. The predicted molar refractivity (Wildman–Crippen MR) is 123 cm³/mol. The van der Waals surface area contributed by atoms with E-state index in [4.69, 9.17) is 0 Å². The van der Waals surface area contributed by atoms with Crippen LogP contribution in [0.5, 0.6) is 0 Å². The van der Waals surface area contributed by atoms with Gasteiger partial charge in [0, 0.05) is 19.5 Å². The Morgan fingerprint density at radius 2 is 1.86 bits per heavy atom. The number of allylic oxidation sites excluding steroid dienone is 1. The van der Waals surface area contributed by atoms with Crippen molar-refractivity contribution >= 4 is 23.6 Å². The Balaban J connectivity index is 0.00000165. The molecule has 0 aromatic carbocycles. The number of amides is 2. The summed E-state index contributed by atoms with van der Waals surface area (Å²) < 4.78 is 0. The van der Waals surface area contributed by atoms with Gasteiger partial charge in [-0.05, 0) is 43.4 Å². The topological polar surface area (TPSA) is 49.4 Å². The lowest BCUT2D eigenvalue weighted by Crippen LogP contribution is -2.48. The molecule has 0 spiro atoms. The Hall–Kier alpha value is -1.23. The normalized spacial score (nSPS) is 17.1. The van der Waals surface area contributed by atoms with Crippen molar-refractivity contribution in [3.8, 4) is 0 Å². The molecule has 1 rings (SSSR count). The van der Waals surface area contributed by atoms with Gasteiger partial charge in [-0.2, -0.15) is 0 Å². The molecule has 28 heavy (non-hydrogen) atoms. The number of hydrogen-bond donors (Lipinski definition) is 1. The van der Waals surface area contributed by atoms with Crippen LogP contribution in [0.4, 0.5) is 0 Å². The molecule has 0 aromatic heterocycles. The molecule has 0 bridgehead atoms. The fourth-order valence-corrected chi connectivity index (χ4v) is 3.25. The molecule has 1 heterocycles. The number of nitrogens with zero attached hydrogens (tertiary/aromatic N) is 1. The predicted octanol–water partition coefficient (Wildman–Crippen LogP) is 6.04. The monoisotopic (exact) mass is 410 g/mol. The van der Waals surface area contributed by atoms with Crippen molar-refractivity contribution < 1.29 is 9.59 Å². The van der Waals surface area contributed by atoms with Gasteiger partial charge in [0.25, 0.3) is 0 Å². The lowest BCUT2D eigenvalue weighted by Gasteiger charge is -2.29. The van der Waals surface area contributed by atoms with E-state index in [0.29, 0.717) is 13.0 Å². The summed E-state index contributed by atoms with van der Waals surface area (Å²) in [5, 5.41) is 6.91. The second kappa shape index (κ2) is 19.1. The first-order valence-electron chi connectivity index (χ1n) is 11.1. The molecule has 1 saturated heterocycles. The molecule has 2 amide bonds. The number of hydrogen-bond acceptors (Lipinski definition) is 3. The van der Waals surface area contributed by atoms with Crippen molar-refractivity contribution in [3.05, 3.63) is 23.0 Å². The van der Waals surface area contributed by atoms with Crippen LogP contribution in [0.25, 0.3) is 0 Å². The van der Waals surface area contributed by atoms with Gasteiger partial charge in [-0.25, -0.2) is 0 Å². The summed E-state index contributed by atoms with van der Waals surface area (Å²) in [6, 6.07) is -0.317. The van der Waals surface area contributed by atoms with E-state index >= 15 is 0 Å². The SMILES string of the molecule is C/C=C\S/C=C/CN(C(=O)CCCCCC)C1CCCCNC1=O.CCCC. The Morgan fingerprint density at radius 1 is 1.11 bits per heavy atom. The molecule has 1 aliphatic heterocycles. The molecule has 4 nitrogen and oxygen atoms in total. The lowest BCUT2D eigenvalue weighted by molar-refractivity contribution is -0.140. The number of carbonyl (C=O) groups is 2. The summed E-state index contributed by atoms with van der Waals surface area (Å²) in [6.45, 7) is 9.73. The molecule has 0 saturated carbocycles. The molecule has 1 atom stereocenters. The van der Waals surface area contributed by atoms with E-state index in [0.717, 1.165) is 51.5 Å². The van der Waals surface area contributed by atoms with Crippen molar-refractivity contribution in [1.29, 1.82) is 0 Å². The Morgan fingerprint density at radius 3 is 2.50 bits per heavy atom. The van der Waals surface area contributed by atoms with Crippen LogP contribution in [0, 0.1) is 0 Å². The van der Waals surface area contributed by atoms with Gasteiger partial charge < -0.3 is 10.2 Å². The average molecular weight is 411 g/mol. The fraction of sp³-hybridized carbons (Fsp3) is 0.739. The third-order valence-electron chi connectivity index (χ3n) is 4.64. The fourth-order valence-electron chi connectivity index (χ4n) is 2.81. The molecular formula is C23H42N2O2S. The highest BCUT2D eigenvalue weighted by Gasteiger charge is 2.29. The second-order valence-corrected chi connectivity index (χ2v) is 7.95. The standard InChI is InChI=1S/C19H32N2O2S.C4H10/c1-3-5-6-7-12-18(22)21(14-10-16-24-15-4-2)17-11-8-9-13-20-19(17)23;1-3-4-2/h4,10,15-17H,3,5-9,11-14H2,1-2H3,(H,20,23);3-4H2,1-2H3/b15-4-,16-10+;. The quantitative estimate of drug-likeness (QED) is 0.422. The van der Waals surface area contributed by atoms with Gasteiger partial charge in [-0.15, -0.1) is 11.8 Å². The maximum absolute atomic E-state index is 12.7. The number of rotatable bonds is 11. The highest BCUT2D eigenvalue weighted by Crippen LogP contribution is 2.16. The first kappa shape index (κ1) is 26.8. The van der Waals surface area contributed by atoms with E-state index in [1.807, 2.05) is 29.9 Å². The Bertz CT molecular complexity index is 462. The van der Waals surface area contributed by atoms with E-state index in [-0.39, 0.29) is 17.9 Å². The number of unbranched alkanes of at least 4 members (excludes halogenated alkanes) is 4. The number of nitrogens with one attached hydrogen (secondary N) is 1. The molecule has 5 heteroatoms. The van der Waals surface area contributed by atoms with Gasteiger partial charge in [0.2, 0.25) is 11.8 Å². The van der Waals surface area contributed by atoms with Gasteiger partial charge in [-0.3, -0.25) is 9.59 Å². The van der Waals surface area contributed by atoms with Crippen molar-refractivity contribution in [2.75, 3.05) is 13.1 Å². The molecule has 1 fully saturated rings. The number of carbonyl (C=O) groups excluding carboxylic acids is 2. The molecule has 1 N–H and O–H groups in total. The van der Waals surface area contributed by atoms with Crippen molar-refractivity contribution in [1.82, 2.24) is 10.2 Å². The zero-order valence-electron chi connectivity index (χ0n) is 18.5. The van der Waals surface area contributed by atoms with Crippen LogP contribution in [0.1, 0.15) is 91.9 Å². The third kappa shape index (κ3) is 13.0. The minimum Gasteiger partial charge on any atom is -0.354 e. The van der Waals surface area contributed by atoms with Crippen LogP contribution < -0.4 is 5.32 Å². The molecule has 162 valence electrons. The molecule has 1 aliphatic rings. The molecule has 0 aromatic rings. The zero-order valence-corrected chi connectivity index (χ0v) is 19.4. The summed E-state index contributed by atoms with van der Waals surface area (Å²) in [5.41, 5.74) is 0. The van der Waals surface area contributed by atoms with Gasteiger partial charge in [-0.1, -0.05) is 65.0 Å². The largest absolute Gasteiger partial charge is 0.354 e. The summed E-state index contributed by atoms with van der Waals surface area (Å²) in [6.07, 6.45) is 14.2. The minimum absolute atomic E-state index is 0.00363. The van der Waals surface area contributed by atoms with Gasteiger partial charge in [0.1, 0.15) is 6.04 Å².